The molecule has 0 radical (unpaired) electrons. The van der Waals surface area contributed by atoms with Crippen molar-refractivity contribution in [3.8, 4) is 0 Å². The second-order valence-electron chi connectivity index (χ2n) is 8.36. The molecule has 174 valence electrons. The van der Waals surface area contributed by atoms with Gasteiger partial charge in [-0.1, -0.05) is 108 Å². The van der Waals surface area contributed by atoms with Gasteiger partial charge in [0, 0.05) is 6.54 Å². The zero-order chi connectivity index (χ0) is 24.0. The van der Waals surface area contributed by atoms with E-state index in [9.17, 15) is 8.42 Å². The van der Waals surface area contributed by atoms with Crippen LogP contribution in [0.15, 0.2) is 114 Å². The van der Waals surface area contributed by atoms with E-state index in [0.717, 1.165) is 22.3 Å². The average molecular weight is 472 g/mol. The van der Waals surface area contributed by atoms with Gasteiger partial charge in [0.1, 0.15) is 0 Å². The van der Waals surface area contributed by atoms with Crippen molar-refractivity contribution in [2.24, 2.45) is 0 Å². The number of hydrogen-bond donors (Lipinski definition) is 1. The van der Waals surface area contributed by atoms with Gasteiger partial charge >= 0.3 is 0 Å². The van der Waals surface area contributed by atoms with Gasteiger partial charge in [0.2, 0.25) is 0 Å². The molecule has 0 amide bonds. The number of aryl methyl sites for hydroxylation is 2. The summed E-state index contributed by atoms with van der Waals surface area (Å²) in [6.45, 7) is 4.30. The Balaban J connectivity index is 1.66. The minimum Gasteiger partial charge on any atom is -0.298 e. The van der Waals surface area contributed by atoms with Gasteiger partial charge in [-0.25, -0.2) is 0 Å². The quantitative estimate of drug-likeness (QED) is 0.196. The fraction of sp³-hybridized carbons (Fsp3) is 0.172. The Morgan fingerprint density at radius 1 is 0.647 bits per heavy atom. The van der Waals surface area contributed by atoms with Gasteiger partial charge in [0.15, 0.2) is 0 Å². The molecular weight excluding hydrogens is 442 g/mol. The highest BCUT2D eigenvalue weighted by Gasteiger charge is 2.35. The first-order chi connectivity index (χ1) is 16.4. The fourth-order valence-corrected chi connectivity index (χ4v) is 5.06. The van der Waals surface area contributed by atoms with Gasteiger partial charge in [0.25, 0.3) is 10.1 Å². The van der Waals surface area contributed by atoms with Gasteiger partial charge in [0.05, 0.1) is 17.0 Å². The van der Waals surface area contributed by atoms with Crippen LogP contribution in [0.4, 0.5) is 0 Å². The third kappa shape index (κ3) is 5.12. The molecule has 0 spiro atoms. The smallest absolute Gasteiger partial charge is 0.297 e. The molecule has 0 aliphatic rings. The first kappa shape index (κ1) is 23.9. The van der Waals surface area contributed by atoms with Crippen LogP contribution < -0.4 is 5.32 Å². The van der Waals surface area contributed by atoms with Crippen molar-refractivity contribution < 1.29 is 12.6 Å². The van der Waals surface area contributed by atoms with Crippen LogP contribution >= 0.6 is 0 Å². The Morgan fingerprint density at radius 2 is 1.09 bits per heavy atom. The SMILES string of the molecule is Cc1ccc(C(NCCOS(=O)(=O)c2ccc(C)cc2)(c2ccccc2)c2ccccc2)cc1. The van der Waals surface area contributed by atoms with Gasteiger partial charge in [-0.05, 0) is 42.7 Å². The highest BCUT2D eigenvalue weighted by molar-refractivity contribution is 7.86. The lowest BCUT2D eigenvalue weighted by Crippen LogP contribution is -2.46. The van der Waals surface area contributed by atoms with Crippen molar-refractivity contribution in [2.45, 2.75) is 24.3 Å². The van der Waals surface area contributed by atoms with Crippen LogP contribution in [0.25, 0.3) is 0 Å². The predicted molar refractivity (Wildman–Crippen MR) is 136 cm³/mol. The third-order valence-corrected chi connectivity index (χ3v) is 7.27. The largest absolute Gasteiger partial charge is 0.298 e. The van der Waals surface area contributed by atoms with Crippen molar-refractivity contribution in [1.82, 2.24) is 5.32 Å². The highest BCUT2D eigenvalue weighted by Crippen LogP contribution is 2.36. The molecule has 0 heterocycles. The Kier molecular flexibility index (Phi) is 7.27. The van der Waals surface area contributed by atoms with Crippen LogP contribution in [0, 0.1) is 13.8 Å². The maximum atomic E-state index is 12.7. The number of nitrogens with one attached hydrogen (secondary N) is 1. The number of rotatable bonds is 9. The van der Waals surface area contributed by atoms with Crippen LogP contribution in [-0.4, -0.2) is 21.6 Å². The Labute approximate surface area is 202 Å². The fourth-order valence-electron chi connectivity index (χ4n) is 4.15. The molecule has 4 aromatic carbocycles. The molecule has 0 aliphatic heterocycles. The van der Waals surface area contributed by atoms with Crippen molar-refractivity contribution in [1.29, 1.82) is 0 Å². The van der Waals surface area contributed by atoms with Crippen molar-refractivity contribution >= 4 is 10.1 Å². The average Bonchev–Trinajstić information content (AvgIpc) is 2.86. The molecule has 0 aliphatic carbocycles. The number of benzene rings is 4. The van der Waals surface area contributed by atoms with Crippen molar-refractivity contribution in [3.63, 3.8) is 0 Å². The second-order valence-corrected chi connectivity index (χ2v) is 9.98. The normalized spacial score (nSPS) is 11.9. The van der Waals surface area contributed by atoms with E-state index in [0.29, 0.717) is 6.54 Å². The topological polar surface area (TPSA) is 55.4 Å². The van der Waals surface area contributed by atoms with E-state index in [-0.39, 0.29) is 11.5 Å². The zero-order valence-electron chi connectivity index (χ0n) is 19.4. The first-order valence-corrected chi connectivity index (χ1v) is 12.7. The van der Waals surface area contributed by atoms with E-state index in [1.54, 1.807) is 24.3 Å². The number of hydrogen-bond acceptors (Lipinski definition) is 4. The van der Waals surface area contributed by atoms with Gasteiger partial charge in [-0.2, -0.15) is 8.42 Å². The summed E-state index contributed by atoms with van der Waals surface area (Å²) in [7, 11) is -3.83. The summed E-state index contributed by atoms with van der Waals surface area (Å²) < 4.78 is 30.7. The molecule has 4 rings (SSSR count). The van der Waals surface area contributed by atoms with E-state index in [2.05, 4.69) is 60.8 Å². The maximum Gasteiger partial charge on any atom is 0.297 e. The molecule has 34 heavy (non-hydrogen) atoms. The minimum absolute atomic E-state index is 0.00346. The standard InChI is InChI=1S/C29H29NO3S/c1-23-13-17-27(18-14-23)29(25-9-5-3-6-10-25,26-11-7-4-8-12-26)30-21-22-33-34(31,32)28-19-15-24(2)16-20-28/h3-20,30H,21-22H2,1-2H3. The highest BCUT2D eigenvalue weighted by atomic mass is 32.2. The molecular formula is C29H29NO3S. The molecule has 0 bridgehead atoms. The summed E-state index contributed by atoms with van der Waals surface area (Å²) in [5.41, 5.74) is 4.68. The summed E-state index contributed by atoms with van der Waals surface area (Å²) in [5, 5.41) is 3.65. The van der Waals surface area contributed by atoms with E-state index >= 15 is 0 Å². The summed E-state index contributed by atoms with van der Waals surface area (Å²) in [6, 6.07) is 35.5. The molecule has 4 nitrogen and oxygen atoms in total. The van der Waals surface area contributed by atoms with E-state index in [4.69, 9.17) is 4.18 Å². The van der Waals surface area contributed by atoms with Gasteiger partial charge in [-0.15, -0.1) is 0 Å². The van der Waals surface area contributed by atoms with Crippen molar-refractivity contribution in [2.75, 3.05) is 13.2 Å². The van der Waals surface area contributed by atoms with Crippen LogP contribution in [0.2, 0.25) is 0 Å². The minimum atomic E-state index is -3.83. The molecule has 0 fully saturated rings. The molecule has 0 saturated carbocycles. The monoisotopic (exact) mass is 471 g/mol. The summed E-state index contributed by atoms with van der Waals surface area (Å²) in [5.74, 6) is 0. The predicted octanol–water partition coefficient (Wildman–Crippen LogP) is 5.59. The van der Waals surface area contributed by atoms with E-state index in [1.165, 1.54) is 5.56 Å². The summed E-state index contributed by atoms with van der Waals surface area (Å²) >= 11 is 0. The van der Waals surface area contributed by atoms with E-state index in [1.807, 2.05) is 43.3 Å². The zero-order valence-corrected chi connectivity index (χ0v) is 20.3. The lowest BCUT2D eigenvalue weighted by molar-refractivity contribution is 0.300. The molecule has 0 aromatic heterocycles. The molecule has 5 heteroatoms. The Hall–Kier alpha value is -3.25. The first-order valence-electron chi connectivity index (χ1n) is 11.3. The van der Waals surface area contributed by atoms with Crippen molar-refractivity contribution in [3.05, 3.63) is 137 Å². The summed E-state index contributed by atoms with van der Waals surface area (Å²) in [6.07, 6.45) is 0. The Bertz CT molecular complexity index is 1260. The van der Waals surface area contributed by atoms with Gasteiger partial charge in [-0.3, -0.25) is 9.50 Å². The molecule has 1 N–H and O–H groups in total. The Morgan fingerprint density at radius 3 is 1.59 bits per heavy atom. The van der Waals surface area contributed by atoms with Crippen LogP contribution in [0.1, 0.15) is 27.8 Å². The maximum absolute atomic E-state index is 12.7. The molecule has 4 aromatic rings. The van der Waals surface area contributed by atoms with Crippen LogP contribution in [-0.2, 0) is 19.8 Å². The second kappa shape index (κ2) is 10.3. The third-order valence-electron chi connectivity index (χ3n) is 5.94. The van der Waals surface area contributed by atoms with E-state index < -0.39 is 15.7 Å². The molecule has 0 atom stereocenters. The molecule has 0 unspecified atom stereocenters. The summed E-state index contributed by atoms with van der Waals surface area (Å²) in [4.78, 5) is 0.161. The van der Waals surface area contributed by atoms with Crippen LogP contribution in [0.5, 0.6) is 0 Å². The van der Waals surface area contributed by atoms with Gasteiger partial charge < -0.3 is 0 Å². The van der Waals surface area contributed by atoms with Crippen LogP contribution in [0.3, 0.4) is 0 Å². The molecule has 0 saturated heterocycles. The lowest BCUT2D eigenvalue weighted by Gasteiger charge is -2.37. The lowest BCUT2D eigenvalue weighted by atomic mass is 9.77.